The molecule has 0 heterocycles. The Hall–Kier alpha value is -3.16. The van der Waals surface area contributed by atoms with Crippen LogP contribution in [-0.4, -0.2) is 87.8 Å². The largest absolute Gasteiger partial charge is 0.481 e. The third-order valence-electron chi connectivity index (χ3n) is 4.96. The van der Waals surface area contributed by atoms with Gasteiger partial charge in [-0.05, 0) is 30.4 Å². The van der Waals surface area contributed by atoms with Gasteiger partial charge in [0.25, 0.3) is 0 Å². The van der Waals surface area contributed by atoms with Crippen molar-refractivity contribution in [3.8, 4) is 0 Å². The number of aliphatic carboxylic acids is 2. The molecule has 0 radical (unpaired) electrons. The van der Waals surface area contributed by atoms with E-state index in [1.54, 1.807) is 30.3 Å². The molecule has 0 saturated carbocycles. The van der Waals surface area contributed by atoms with Crippen molar-refractivity contribution in [1.82, 2.24) is 16.0 Å². The molecule has 1 aromatic carbocycles. The average Bonchev–Trinajstić information content (AvgIpc) is 2.82. The Morgan fingerprint density at radius 1 is 0.886 bits per heavy atom. The molecule has 0 aromatic heterocycles. The molecule has 13 heteroatoms. The maximum atomic E-state index is 12.9. The molecule has 0 aliphatic rings. The number of carboxylic acid groups (broad SMARTS) is 2. The quantitative estimate of drug-likeness (QED) is 0.139. The minimum absolute atomic E-state index is 0.0248. The Bertz CT molecular complexity index is 870. The second-order valence-electron chi connectivity index (χ2n) is 7.71. The van der Waals surface area contributed by atoms with Crippen LogP contribution < -0.4 is 21.7 Å². The summed E-state index contributed by atoms with van der Waals surface area (Å²) < 4.78 is 0. The smallest absolute Gasteiger partial charge is 0.326 e. The van der Waals surface area contributed by atoms with Gasteiger partial charge in [-0.15, -0.1) is 0 Å². The van der Waals surface area contributed by atoms with Gasteiger partial charge in [0.05, 0.1) is 12.6 Å². The summed E-state index contributed by atoms with van der Waals surface area (Å²) in [6, 6.07) is 3.53. The number of nitrogens with one attached hydrogen (secondary N) is 3. The number of aliphatic hydroxyl groups is 1. The van der Waals surface area contributed by atoms with Crippen LogP contribution in [0, 0.1) is 0 Å². The first-order valence-corrected chi connectivity index (χ1v) is 12.2. The van der Waals surface area contributed by atoms with Gasteiger partial charge in [0.2, 0.25) is 17.7 Å². The Labute approximate surface area is 207 Å². The number of hydrogen-bond acceptors (Lipinski definition) is 8. The minimum Gasteiger partial charge on any atom is -0.481 e. The number of benzene rings is 1. The molecule has 0 aliphatic heterocycles. The molecule has 4 unspecified atom stereocenters. The van der Waals surface area contributed by atoms with Gasteiger partial charge in [-0.3, -0.25) is 19.2 Å². The van der Waals surface area contributed by atoms with E-state index in [1.165, 1.54) is 11.8 Å². The van der Waals surface area contributed by atoms with E-state index in [2.05, 4.69) is 16.0 Å². The molecular formula is C22H32N4O8S. The number of carboxylic acids is 2. The fourth-order valence-electron chi connectivity index (χ4n) is 2.98. The first-order valence-electron chi connectivity index (χ1n) is 10.8. The summed E-state index contributed by atoms with van der Waals surface area (Å²) in [5.41, 5.74) is 6.44. The van der Waals surface area contributed by atoms with Crippen LogP contribution >= 0.6 is 11.8 Å². The van der Waals surface area contributed by atoms with Gasteiger partial charge in [0, 0.05) is 12.8 Å². The maximum absolute atomic E-state index is 12.9. The summed E-state index contributed by atoms with van der Waals surface area (Å²) in [6.45, 7) is -0.761. The molecule has 0 saturated heterocycles. The Morgan fingerprint density at radius 3 is 2.00 bits per heavy atom. The molecule has 8 N–H and O–H groups in total. The van der Waals surface area contributed by atoms with Crippen LogP contribution in [0.15, 0.2) is 30.3 Å². The van der Waals surface area contributed by atoms with Gasteiger partial charge in [-0.25, -0.2) is 4.79 Å². The van der Waals surface area contributed by atoms with Crippen molar-refractivity contribution in [2.45, 2.75) is 49.9 Å². The second-order valence-corrected chi connectivity index (χ2v) is 8.70. The lowest BCUT2D eigenvalue weighted by molar-refractivity contribution is -0.143. The van der Waals surface area contributed by atoms with E-state index in [9.17, 15) is 34.2 Å². The van der Waals surface area contributed by atoms with E-state index >= 15 is 0 Å². The predicted molar refractivity (Wildman–Crippen MR) is 129 cm³/mol. The highest BCUT2D eigenvalue weighted by Gasteiger charge is 2.30. The molecular weight excluding hydrogens is 480 g/mol. The number of aliphatic hydroxyl groups excluding tert-OH is 1. The topological polar surface area (TPSA) is 208 Å². The van der Waals surface area contributed by atoms with Crippen molar-refractivity contribution in [3.05, 3.63) is 35.9 Å². The van der Waals surface area contributed by atoms with E-state index in [4.69, 9.17) is 10.8 Å². The zero-order valence-corrected chi connectivity index (χ0v) is 20.1. The Kier molecular flexibility index (Phi) is 13.4. The van der Waals surface area contributed by atoms with Crippen molar-refractivity contribution < 1.29 is 39.3 Å². The fraction of sp³-hybridized carbons (Fsp3) is 0.500. The van der Waals surface area contributed by atoms with E-state index < -0.39 is 66.9 Å². The van der Waals surface area contributed by atoms with Crippen molar-refractivity contribution in [2.24, 2.45) is 5.73 Å². The SMILES string of the molecule is CSCCC(N)C(=O)NC(CO)C(=O)NC(Cc1ccccc1)C(=O)NC(CCC(=O)O)C(=O)O. The van der Waals surface area contributed by atoms with E-state index in [-0.39, 0.29) is 12.8 Å². The van der Waals surface area contributed by atoms with Crippen molar-refractivity contribution in [2.75, 3.05) is 18.6 Å². The molecule has 4 atom stereocenters. The zero-order chi connectivity index (χ0) is 26.4. The lowest BCUT2D eigenvalue weighted by Crippen LogP contribution is -2.58. The molecule has 0 bridgehead atoms. The van der Waals surface area contributed by atoms with Crippen LogP contribution in [-0.2, 0) is 30.4 Å². The van der Waals surface area contributed by atoms with Crippen LogP contribution in [0.1, 0.15) is 24.8 Å². The van der Waals surface area contributed by atoms with Crippen molar-refractivity contribution in [1.29, 1.82) is 0 Å². The second kappa shape index (κ2) is 15.7. The first-order chi connectivity index (χ1) is 16.6. The summed E-state index contributed by atoms with van der Waals surface area (Å²) in [7, 11) is 0. The molecule has 1 rings (SSSR count). The molecule has 0 aliphatic carbocycles. The highest BCUT2D eigenvalue weighted by atomic mass is 32.2. The zero-order valence-electron chi connectivity index (χ0n) is 19.3. The molecule has 0 fully saturated rings. The van der Waals surface area contributed by atoms with Gasteiger partial charge >= 0.3 is 11.9 Å². The molecule has 0 spiro atoms. The van der Waals surface area contributed by atoms with Crippen LogP contribution in [0.2, 0.25) is 0 Å². The first kappa shape index (κ1) is 29.9. The van der Waals surface area contributed by atoms with Gasteiger partial charge in [0.15, 0.2) is 0 Å². The van der Waals surface area contributed by atoms with Crippen LogP contribution in [0.5, 0.6) is 0 Å². The lowest BCUT2D eigenvalue weighted by atomic mass is 10.0. The van der Waals surface area contributed by atoms with Gasteiger partial charge < -0.3 is 37.0 Å². The number of carbonyl (C=O) groups excluding carboxylic acids is 3. The third kappa shape index (κ3) is 11.2. The molecule has 1 aromatic rings. The lowest BCUT2D eigenvalue weighted by Gasteiger charge is -2.24. The summed E-state index contributed by atoms with van der Waals surface area (Å²) in [5.74, 6) is -4.40. The molecule has 194 valence electrons. The number of thioether (sulfide) groups is 1. The van der Waals surface area contributed by atoms with E-state index in [0.29, 0.717) is 17.7 Å². The standard InChI is InChI=1S/C22H32N4O8S/c1-35-10-9-14(23)19(30)26-17(12-27)21(32)25-16(11-13-5-3-2-4-6-13)20(31)24-15(22(33)34)7-8-18(28)29/h2-6,14-17,27H,7-12,23H2,1H3,(H,24,31)(H,25,32)(H,26,30)(H,28,29)(H,33,34). The normalized spacial score (nSPS) is 14.1. The van der Waals surface area contributed by atoms with E-state index in [1.807, 2.05) is 6.26 Å². The van der Waals surface area contributed by atoms with Gasteiger partial charge in [-0.2, -0.15) is 11.8 Å². The van der Waals surface area contributed by atoms with Crippen molar-refractivity contribution >= 4 is 41.4 Å². The summed E-state index contributed by atoms with van der Waals surface area (Å²) in [5, 5.41) is 34.8. The van der Waals surface area contributed by atoms with E-state index in [0.717, 1.165) is 0 Å². The number of amides is 3. The molecule has 12 nitrogen and oxygen atoms in total. The minimum atomic E-state index is -1.49. The summed E-state index contributed by atoms with van der Waals surface area (Å²) in [6.07, 6.45) is 1.35. The monoisotopic (exact) mass is 512 g/mol. The number of nitrogens with two attached hydrogens (primary N) is 1. The summed E-state index contributed by atoms with van der Waals surface area (Å²) >= 11 is 1.50. The maximum Gasteiger partial charge on any atom is 0.326 e. The number of hydrogen-bond donors (Lipinski definition) is 7. The van der Waals surface area contributed by atoms with Crippen LogP contribution in [0.3, 0.4) is 0 Å². The van der Waals surface area contributed by atoms with Crippen LogP contribution in [0.25, 0.3) is 0 Å². The van der Waals surface area contributed by atoms with Gasteiger partial charge in [-0.1, -0.05) is 30.3 Å². The number of rotatable bonds is 16. The van der Waals surface area contributed by atoms with Crippen LogP contribution in [0.4, 0.5) is 0 Å². The van der Waals surface area contributed by atoms with Gasteiger partial charge in [0.1, 0.15) is 18.1 Å². The Morgan fingerprint density at radius 2 is 1.46 bits per heavy atom. The molecule has 35 heavy (non-hydrogen) atoms. The third-order valence-corrected chi connectivity index (χ3v) is 5.61. The number of carbonyl (C=O) groups is 5. The highest BCUT2D eigenvalue weighted by molar-refractivity contribution is 7.98. The molecule has 3 amide bonds. The van der Waals surface area contributed by atoms with Crippen molar-refractivity contribution in [3.63, 3.8) is 0 Å². The highest BCUT2D eigenvalue weighted by Crippen LogP contribution is 2.06. The summed E-state index contributed by atoms with van der Waals surface area (Å²) in [4.78, 5) is 60.2. The average molecular weight is 513 g/mol. The predicted octanol–water partition coefficient (Wildman–Crippen LogP) is -1.29. The fourth-order valence-corrected chi connectivity index (χ4v) is 3.47. The Balaban J connectivity index is 2.98.